The Hall–Kier alpha value is -2.26. The topological polar surface area (TPSA) is 62.1 Å². The summed E-state index contributed by atoms with van der Waals surface area (Å²) in [6.45, 7) is 10.4. The molecule has 3 heterocycles. The van der Waals surface area contributed by atoms with Crippen molar-refractivity contribution in [3.8, 4) is 0 Å². The van der Waals surface area contributed by atoms with Crippen molar-refractivity contribution in [1.29, 1.82) is 0 Å². The van der Waals surface area contributed by atoms with Crippen LogP contribution < -0.4 is 0 Å². The van der Waals surface area contributed by atoms with E-state index in [1.165, 1.54) is 0 Å². The number of benzene rings is 1. The van der Waals surface area contributed by atoms with Gasteiger partial charge in [0.05, 0.1) is 6.04 Å². The Morgan fingerprint density at radius 3 is 2.44 bits per heavy atom. The van der Waals surface area contributed by atoms with E-state index in [4.69, 9.17) is 9.15 Å². The van der Waals surface area contributed by atoms with E-state index in [2.05, 4.69) is 35.6 Å². The molecule has 3 fully saturated rings. The molecule has 3 aliphatic rings. The van der Waals surface area contributed by atoms with Crippen molar-refractivity contribution < 1.29 is 22.7 Å². The number of piperidine rings is 1. The standard InChI is InChI=1S/C27H38F2N4O3/c1-19(2)31-15-17-32(18-16-31)21-8-6-10-27(28,29)23(21)36-25(34)33-13-11-26(3,12-14-33)24-30-20-7-4-5-9-22(20)35-24/h4-5,7,9,19,21,23H,6,8,10-18H2,1-3H3/t21?,23-/m1/s1. The molecule has 7 nitrogen and oxygen atoms in total. The Kier molecular flexibility index (Phi) is 6.98. The SMILES string of the molecule is CC(C)N1CCN(C2CCCC(F)(F)[C@@H]2OC(=O)N2CCC(C)(c3nc4ccccc4o3)CC2)CC1. The van der Waals surface area contributed by atoms with E-state index < -0.39 is 24.2 Å². The Labute approximate surface area is 211 Å². The average molecular weight is 505 g/mol. The van der Waals surface area contributed by atoms with Gasteiger partial charge in [0.1, 0.15) is 5.52 Å². The van der Waals surface area contributed by atoms with Gasteiger partial charge in [-0.2, -0.15) is 0 Å². The zero-order valence-electron chi connectivity index (χ0n) is 21.6. The van der Waals surface area contributed by atoms with E-state index in [0.29, 0.717) is 50.7 Å². The first-order chi connectivity index (χ1) is 17.2. The van der Waals surface area contributed by atoms with Crippen molar-refractivity contribution in [1.82, 2.24) is 19.7 Å². The second-order valence-electron chi connectivity index (χ2n) is 11.2. The highest BCUT2D eigenvalue weighted by Gasteiger charge is 2.52. The van der Waals surface area contributed by atoms with Gasteiger partial charge in [-0.15, -0.1) is 0 Å². The third-order valence-corrected chi connectivity index (χ3v) is 8.49. The molecule has 0 bridgehead atoms. The van der Waals surface area contributed by atoms with Crippen LogP contribution in [0.5, 0.6) is 0 Å². The molecule has 2 aromatic rings. The summed E-state index contributed by atoms with van der Waals surface area (Å²) >= 11 is 0. The molecule has 5 rings (SSSR count). The third kappa shape index (κ3) is 4.96. The van der Waals surface area contributed by atoms with Gasteiger partial charge in [0.2, 0.25) is 5.89 Å². The van der Waals surface area contributed by atoms with Crippen molar-refractivity contribution in [2.45, 2.75) is 82.4 Å². The molecule has 1 saturated carbocycles. The van der Waals surface area contributed by atoms with Crippen LogP contribution in [-0.2, 0) is 10.2 Å². The molecule has 1 aliphatic carbocycles. The van der Waals surface area contributed by atoms with Gasteiger partial charge in [-0.25, -0.2) is 18.6 Å². The molecule has 0 spiro atoms. The Morgan fingerprint density at radius 2 is 1.78 bits per heavy atom. The van der Waals surface area contributed by atoms with Crippen molar-refractivity contribution in [2.75, 3.05) is 39.3 Å². The normalized spacial score (nSPS) is 27.4. The predicted octanol–water partition coefficient (Wildman–Crippen LogP) is 4.90. The summed E-state index contributed by atoms with van der Waals surface area (Å²) in [4.78, 5) is 23.8. The number of likely N-dealkylation sites (tertiary alicyclic amines) is 1. The maximum atomic E-state index is 15.1. The van der Waals surface area contributed by atoms with E-state index in [9.17, 15) is 4.79 Å². The van der Waals surface area contributed by atoms with Gasteiger partial charge in [-0.1, -0.05) is 19.1 Å². The van der Waals surface area contributed by atoms with E-state index in [1.807, 2.05) is 24.3 Å². The fourth-order valence-corrected chi connectivity index (χ4v) is 5.96. The maximum absolute atomic E-state index is 15.1. The molecule has 1 aromatic heterocycles. The molecule has 198 valence electrons. The van der Waals surface area contributed by atoms with Crippen molar-refractivity contribution in [3.05, 3.63) is 30.2 Å². The second kappa shape index (κ2) is 9.89. The minimum absolute atomic E-state index is 0.233. The van der Waals surface area contributed by atoms with Crippen LogP contribution in [0.3, 0.4) is 0 Å². The third-order valence-electron chi connectivity index (χ3n) is 8.49. The fourth-order valence-electron chi connectivity index (χ4n) is 5.96. The molecular formula is C27H38F2N4O3. The minimum Gasteiger partial charge on any atom is -0.440 e. The van der Waals surface area contributed by atoms with Crippen LogP contribution in [-0.4, -0.2) is 89.2 Å². The number of aromatic nitrogens is 1. The number of amides is 1. The number of halogens is 2. The molecule has 1 aromatic carbocycles. The van der Waals surface area contributed by atoms with Gasteiger partial charge in [0.25, 0.3) is 5.92 Å². The van der Waals surface area contributed by atoms with Crippen LogP contribution in [0.4, 0.5) is 13.6 Å². The highest BCUT2D eigenvalue weighted by Crippen LogP contribution is 2.40. The summed E-state index contributed by atoms with van der Waals surface area (Å²) in [5.41, 5.74) is 1.24. The first-order valence-electron chi connectivity index (χ1n) is 13.3. The first-order valence-corrected chi connectivity index (χ1v) is 13.3. The smallest absolute Gasteiger partial charge is 0.410 e. The predicted molar refractivity (Wildman–Crippen MR) is 133 cm³/mol. The zero-order chi connectivity index (χ0) is 25.5. The second-order valence-corrected chi connectivity index (χ2v) is 11.2. The highest BCUT2D eigenvalue weighted by molar-refractivity contribution is 5.72. The number of nitrogens with zero attached hydrogens (tertiary/aromatic N) is 4. The van der Waals surface area contributed by atoms with Crippen molar-refractivity contribution >= 4 is 17.2 Å². The molecule has 2 atom stereocenters. The molecule has 0 N–H and O–H groups in total. The van der Waals surface area contributed by atoms with Gasteiger partial charge < -0.3 is 14.1 Å². The largest absolute Gasteiger partial charge is 0.440 e. The summed E-state index contributed by atoms with van der Waals surface area (Å²) in [7, 11) is 0. The fraction of sp³-hybridized carbons (Fsp3) is 0.704. The van der Waals surface area contributed by atoms with Gasteiger partial charge in [0.15, 0.2) is 11.7 Å². The molecule has 1 unspecified atom stereocenters. The summed E-state index contributed by atoms with van der Waals surface area (Å²) < 4.78 is 41.9. The summed E-state index contributed by atoms with van der Waals surface area (Å²) in [6.07, 6.45) is 0.0750. The Bertz CT molecular complexity index is 1030. The van der Waals surface area contributed by atoms with Crippen LogP contribution in [0, 0.1) is 0 Å². The lowest BCUT2D eigenvalue weighted by atomic mass is 9.80. The zero-order valence-corrected chi connectivity index (χ0v) is 21.6. The molecule has 9 heteroatoms. The van der Waals surface area contributed by atoms with Crippen LogP contribution >= 0.6 is 0 Å². The van der Waals surface area contributed by atoms with E-state index >= 15 is 8.78 Å². The average Bonchev–Trinajstić information content (AvgIpc) is 3.31. The van der Waals surface area contributed by atoms with Crippen molar-refractivity contribution in [3.63, 3.8) is 0 Å². The first kappa shape index (κ1) is 25.4. The van der Waals surface area contributed by atoms with E-state index in [0.717, 1.165) is 37.3 Å². The molecule has 36 heavy (non-hydrogen) atoms. The van der Waals surface area contributed by atoms with Gasteiger partial charge >= 0.3 is 6.09 Å². The number of carbonyl (C=O) groups excluding carboxylic acids is 1. The van der Waals surface area contributed by atoms with Crippen LogP contribution in [0.2, 0.25) is 0 Å². The molecule has 1 amide bonds. The molecule has 0 radical (unpaired) electrons. The van der Waals surface area contributed by atoms with E-state index in [-0.39, 0.29) is 11.8 Å². The lowest BCUT2D eigenvalue weighted by Gasteiger charge is -2.47. The van der Waals surface area contributed by atoms with Gasteiger partial charge in [0, 0.05) is 57.1 Å². The van der Waals surface area contributed by atoms with Crippen LogP contribution in [0.25, 0.3) is 11.1 Å². The van der Waals surface area contributed by atoms with Crippen molar-refractivity contribution in [2.24, 2.45) is 0 Å². The van der Waals surface area contributed by atoms with Crippen LogP contribution in [0.1, 0.15) is 58.8 Å². The quantitative estimate of drug-likeness (QED) is 0.590. The Morgan fingerprint density at radius 1 is 1.08 bits per heavy atom. The number of ether oxygens (including phenoxy) is 1. The number of piperazine rings is 1. The number of alkyl halides is 2. The number of para-hydroxylation sites is 2. The van der Waals surface area contributed by atoms with E-state index in [1.54, 1.807) is 4.90 Å². The minimum atomic E-state index is -3.02. The summed E-state index contributed by atoms with van der Waals surface area (Å²) in [5.74, 6) is -2.35. The molecule has 2 saturated heterocycles. The summed E-state index contributed by atoms with van der Waals surface area (Å²) in [5, 5.41) is 0. The maximum Gasteiger partial charge on any atom is 0.410 e. The molecule has 2 aliphatic heterocycles. The summed E-state index contributed by atoms with van der Waals surface area (Å²) in [6, 6.07) is 7.65. The van der Waals surface area contributed by atoms with Crippen LogP contribution in [0.15, 0.2) is 28.7 Å². The van der Waals surface area contributed by atoms with Gasteiger partial charge in [-0.05, 0) is 51.7 Å². The number of hydrogen-bond acceptors (Lipinski definition) is 6. The molecular weight excluding hydrogens is 466 g/mol. The number of carbonyl (C=O) groups is 1. The number of rotatable bonds is 4. The highest BCUT2D eigenvalue weighted by atomic mass is 19.3. The monoisotopic (exact) mass is 504 g/mol. The van der Waals surface area contributed by atoms with Gasteiger partial charge in [-0.3, -0.25) is 9.80 Å². The Balaban J connectivity index is 1.23. The lowest BCUT2D eigenvalue weighted by Crippen LogP contribution is -2.61. The lowest BCUT2D eigenvalue weighted by molar-refractivity contribution is -0.170. The number of hydrogen-bond donors (Lipinski definition) is 0. The number of oxazole rings is 1. The number of fused-ring (bicyclic) bond motifs is 1.